The zero-order valence-corrected chi connectivity index (χ0v) is 8.48. The largest absolute Gasteiger partial charge is 0.344 e. The van der Waals surface area contributed by atoms with Crippen LogP contribution in [0.25, 0.3) is 0 Å². The van der Waals surface area contributed by atoms with Gasteiger partial charge in [-0.2, -0.15) is 0 Å². The van der Waals surface area contributed by atoms with Gasteiger partial charge in [0, 0.05) is 18.4 Å². The molecule has 1 aromatic rings. The first-order valence-corrected chi connectivity index (χ1v) is 5.09. The minimum Gasteiger partial charge on any atom is -0.344 e. The SMILES string of the molecule is CCC1=CCN(c2ccccc2)C=C1. The maximum absolute atomic E-state index is 2.28. The van der Waals surface area contributed by atoms with E-state index in [1.807, 2.05) is 6.07 Å². The van der Waals surface area contributed by atoms with Crippen molar-refractivity contribution in [3.05, 3.63) is 54.3 Å². The maximum Gasteiger partial charge on any atom is 0.0411 e. The van der Waals surface area contributed by atoms with Gasteiger partial charge in [0.05, 0.1) is 0 Å². The molecule has 1 heterocycles. The monoisotopic (exact) mass is 185 g/mol. The molecule has 0 amide bonds. The fraction of sp³-hybridized carbons (Fsp3) is 0.231. The van der Waals surface area contributed by atoms with Crippen molar-refractivity contribution in [2.45, 2.75) is 13.3 Å². The van der Waals surface area contributed by atoms with Crippen molar-refractivity contribution < 1.29 is 0 Å². The Morgan fingerprint density at radius 3 is 2.57 bits per heavy atom. The van der Waals surface area contributed by atoms with Gasteiger partial charge >= 0.3 is 0 Å². The van der Waals surface area contributed by atoms with Crippen LogP contribution < -0.4 is 4.90 Å². The molecule has 0 N–H and O–H groups in total. The Morgan fingerprint density at radius 2 is 2.00 bits per heavy atom. The van der Waals surface area contributed by atoms with Gasteiger partial charge in [0.2, 0.25) is 0 Å². The van der Waals surface area contributed by atoms with Gasteiger partial charge in [-0.15, -0.1) is 0 Å². The third-order valence-corrected chi connectivity index (χ3v) is 2.51. The molecule has 0 fully saturated rings. The number of anilines is 1. The second-order valence-corrected chi connectivity index (χ2v) is 3.44. The number of rotatable bonds is 2. The molecule has 0 aromatic heterocycles. The number of nitrogens with zero attached hydrogens (tertiary/aromatic N) is 1. The van der Waals surface area contributed by atoms with Gasteiger partial charge < -0.3 is 4.90 Å². The highest BCUT2D eigenvalue weighted by molar-refractivity contribution is 5.51. The summed E-state index contributed by atoms with van der Waals surface area (Å²) in [6, 6.07) is 10.5. The zero-order valence-electron chi connectivity index (χ0n) is 8.48. The molecule has 1 aliphatic rings. The fourth-order valence-corrected chi connectivity index (χ4v) is 1.60. The molecule has 0 saturated carbocycles. The van der Waals surface area contributed by atoms with E-state index in [9.17, 15) is 0 Å². The molecule has 0 radical (unpaired) electrons. The quantitative estimate of drug-likeness (QED) is 0.683. The molecule has 72 valence electrons. The van der Waals surface area contributed by atoms with Crippen molar-refractivity contribution in [3.63, 3.8) is 0 Å². The summed E-state index contributed by atoms with van der Waals surface area (Å²) in [4.78, 5) is 2.25. The molecule has 0 unspecified atom stereocenters. The second kappa shape index (κ2) is 4.14. The Morgan fingerprint density at radius 1 is 1.21 bits per heavy atom. The number of allylic oxidation sites excluding steroid dienone is 2. The lowest BCUT2D eigenvalue weighted by atomic mass is 10.1. The number of benzene rings is 1. The van der Waals surface area contributed by atoms with E-state index in [-0.39, 0.29) is 0 Å². The molecular weight excluding hydrogens is 170 g/mol. The molecule has 1 aliphatic heterocycles. The summed E-state index contributed by atoms with van der Waals surface area (Å²) in [6.45, 7) is 3.18. The molecule has 0 saturated heterocycles. The summed E-state index contributed by atoms with van der Waals surface area (Å²) >= 11 is 0. The Kier molecular flexibility index (Phi) is 2.68. The van der Waals surface area contributed by atoms with Crippen LogP contribution in [-0.2, 0) is 0 Å². The topological polar surface area (TPSA) is 3.24 Å². The van der Waals surface area contributed by atoms with Gasteiger partial charge in [0.15, 0.2) is 0 Å². The zero-order chi connectivity index (χ0) is 9.80. The molecule has 2 rings (SSSR count). The van der Waals surface area contributed by atoms with Crippen LogP contribution in [-0.4, -0.2) is 6.54 Å². The lowest BCUT2D eigenvalue weighted by Crippen LogP contribution is -2.18. The van der Waals surface area contributed by atoms with E-state index in [1.165, 1.54) is 11.3 Å². The van der Waals surface area contributed by atoms with Crippen molar-refractivity contribution in [3.8, 4) is 0 Å². The van der Waals surface area contributed by atoms with Gasteiger partial charge in [-0.05, 0) is 30.2 Å². The van der Waals surface area contributed by atoms with Gasteiger partial charge in [-0.1, -0.05) is 31.2 Å². The van der Waals surface area contributed by atoms with Crippen LogP contribution in [0, 0.1) is 0 Å². The average Bonchev–Trinajstić information content (AvgIpc) is 2.30. The molecule has 0 spiro atoms. The summed E-state index contributed by atoms with van der Waals surface area (Å²) < 4.78 is 0. The van der Waals surface area contributed by atoms with Gasteiger partial charge in [0.1, 0.15) is 0 Å². The first-order chi connectivity index (χ1) is 6.90. The first-order valence-electron chi connectivity index (χ1n) is 5.09. The molecular formula is C13H15N. The molecule has 0 bridgehead atoms. The highest BCUT2D eigenvalue weighted by Gasteiger charge is 2.04. The smallest absolute Gasteiger partial charge is 0.0411 e. The third-order valence-electron chi connectivity index (χ3n) is 2.51. The summed E-state index contributed by atoms with van der Waals surface area (Å²) in [5.74, 6) is 0. The van der Waals surface area contributed by atoms with E-state index in [4.69, 9.17) is 0 Å². The predicted octanol–water partition coefficient (Wildman–Crippen LogP) is 3.36. The van der Waals surface area contributed by atoms with Gasteiger partial charge in [0.25, 0.3) is 0 Å². The molecule has 1 nitrogen and oxygen atoms in total. The fourth-order valence-electron chi connectivity index (χ4n) is 1.60. The number of hydrogen-bond acceptors (Lipinski definition) is 1. The highest BCUT2D eigenvalue weighted by atomic mass is 15.1. The van der Waals surface area contributed by atoms with Crippen LogP contribution in [0.3, 0.4) is 0 Å². The molecule has 0 atom stereocenters. The normalized spacial score (nSPS) is 15.5. The van der Waals surface area contributed by atoms with Crippen LogP contribution in [0.1, 0.15) is 13.3 Å². The van der Waals surface area contributed by atoms with E-state index < -0.39 is 0 Å². The summed E-state index contributed by atoms with van der Waals surface area (Å²) in [5, 5.41) is 0. The third kappa shape index (κ3) is 1.87. The summed E-state index contributed by atoms with van der Waals surface area (Å²) in [7, 11) is 0. The van der Waals surface area contributed by atoms with Crippen LogP contribution in [0.4, 0.5) is 5.69 Å². The summed E-state index contributed by atoms with van der Waals surface area (Å²) in [5.41, 5.74) is 2.69. The molecule has 14 heavy (non-hydrogen) atoms. The predicted molar refractivity (Wildman–Crippen MR) is 61.3 cm³/mol. The Balaban J connectivity index is 2.11. The van der Waals surface area contributed by atoms with Crippen LogP contribution in [0.15, 0.2) is 54.3 Å². The minimum absolute atomic E-state index is 0.990. The van der Waals surface area contributed by atoms with E-state index in [0.717, 1.165) is 13.0 Å². The number of para-hydroxylation sites is 1. The molecule has 1 aromatic carbocycles. The highest BCUT2D eigenvalue weighted by Crippen LogP contribution is 2.18. The lowest BCUT2D eigenvalue weighted by Gasteiger charge is -2.22. The van der Waals surface area contributed by atoms with E-state index in [2.05, 4.69) is 54.4 Å². The van der Waals surface area contributed by atoms with E-state index in [1.54, 1.807) is 0 Å². The summed E-state index contributed by atoms with van der Waals surface area (Å²) in [6.07, 6.45) is 7.76. The maximum atomic E-state index is 2.28. The Hall–Kier alpha value is -1.50. The molecule has 1 heteroatoms. The second-order valence-electron chi connectivity index (χ2n) is 3.44. The van der Waals surface area contributed by atoms with Crippen LogP contribution >= 0.6 is 0 Å². The Labute approximate surface area is 85.4 Å². The van der Waals surface area contributed by atoms with Gasteiger partial charge in [-0.25, -0.2) is 0 Å². The first kappa shape index (κ1) is 9.07. The van der Waals surface area contributed by atoms with E-state index >= 15 is 0 Å². The van der Waals surface area contributed by atoms with E-state index in [0.29, 0.717) is 0 Å². The lowest BCUT2D eigenvalue weighted by molar-refractivity contribution is 1.02. The van der Waals surface area contributed by atoms with Gasteiger partial charge in [-0.3, -0.25) is 0 Å². The van der Waals surface area contributed by atoms with Crippen LogP contribution in [0.2, 0.25) is 0 Å². The number of hydrogen-bond donors (Lipinski definition) is 0. The van der Waals surface area contributed by atoms with Crippen LogP contribution in [0.5, 0.6) is 0 Å². The minimum atomic E-state index is 0.990. The Bertz CT molecular complexity index is 349. The average molecular weight is 185 g/mol. The van der Waals surface area contributed by atoms with Crippen molar-refractivity contribution in [2.75, 3.05) is 11.4 Å². The van der Waals surface area contributed by atoms with Crippen molar-refractivity contribution in [1.29, 1.82) is 0 Å². The van der Waals surface area contributed by atoms with Crippen molar-refractivity contribution in [1.82, 2.24) is 0 Å². The van der Waals surface area contributed by atoms with Crippen molar-refractivity contribution >= 4 is 5.69 Å². The standard InChI is InChI=1S/C13H15N/c1-2-12-8-10-14(11-9-12)13-6-4-3-5-7-13/h3-10H,2,11H2,1H3. The van der Waals surface area contributed by atoms with Crippen molar-refractivity contribution in [2.24, 2.45) is 0 Å². The molecule has 0 aliphatic carbocycles.